The molecule has 8 nitrogen and oxygen atoms in total. The number of rotatable bonds is 7. The van der Waals surface area contributed by atoms with E-state index in [0.717, 1.165) is 15.2 Å². The molecule has 2 aromatic carbocycles. The number of hydrogen-bond acceptors (Lipinski definition) is 8. The highest BCUT2D eigenvalue weighted by molar-refractivity contribution is 7.18. The number of nitrogens with one attached hydrogen (secondary N) is 1. The summed E-state index contributed by atoms with van der Waals surface area (Å²) in [5.41, 5.74) is 1.90. The Balaban J connectivity index is 1.42. The molecule has 0 aliphatic heterocycles. The number of carbonyl (C=O) groups is 2. The highest BCUT2D eigenvalue weighted by Crippen LogP contribution is 2.26. The number of hydrogen-bond donors (Lipinski definition) is 1. The van der Waals surface area contributed by atoms with Crippen LogP contribution in [0, 0.1) is 6.92 Å². The number of fused-ring (bicyclic) bond motifs is 1. The molecule has 1 N–H and O–H groups in total. The molecule has 4 rings (SSSR count). The van der Waals surface area contributed by atoms with E-state index in [9.17, 15) is 9.59 Å². The van der Waals surface area contributed by atoms with Gasteiger partial charge in [0.25, 0.3) is 5.89 Å². The second-order valence-electron chi connectivity index (χ2n) is 6.64. The number of oxazole rings is 1. The molecule has 0 saturated carbocycles. The first kappa shape index (κ1) is 20.5. The Morgan fingerprint density at radius 1 is 1.16 bits per heavy atom. The molecule has 0 aliphatic rings. The topological polar surface area (TPSA) is 104 Å². The van der Waals surface area contributed by atoms with Gasteiger partial charge in [-0.25, -0.2) is 14.8 Å². The molecule has 0 bridgehead atoms. The van der Waals surface area contributed by atoms with Crippen LogP contribution in [0.1, 0.15) is 33.0 Å². The van der Waals surface area contributed by atoms with Gasteiger partial charge in [0.1, 0.15) is 24.3 Å². The van der Waals surface area contributed by atoms with Crippen molar-refractivity contribution in [3.63, 3.8) is 0 Å². The summed E-state index contributed by atoms with van der Waals surface area (Å²) < 4.78 is 16.9. The van der Waals surface area contributed by atoms with Gasteiger partial charge in [-0.2, -0.15) is 0 Å². The lowest BCUT2D eigenvalue weighted by molar-refractivity contribution is -0.143. The van der Waals surface area contributed by atoms with Crippen molar-refractivity contribution >= 4 is 33.4 Å². The van der Waals surface area contributed by atoms with Crippen molar-refractivity contribution in [2.75, 3.05) is 7.11 Å². The number of ether oxygens (including phenoxy) is 2. The van der Waals surface area contributed by atoms with Gasteiger partial charge in [-0.1, -0.05) is 30.3 Å². The van der Waals surface area contributed by atoms with Crippen molar-refractivity contribution in [3.05, 3.63) is 76.9 Å². The standard InChI is InChI=1S/C22H19N3O5S/c1-13-23-17-10-16(8-9-18(17)31-13)29-11-15-12-30-21(24-15)20(26)25-19(22(27)28-2)14-6-4-3-5-7-14/h3-10,12,19H,11H2,1-2H3,(H,25,26)/t19-/m0/s1. The SMILES string of the molecule is COC(=O)[C@@H](NC(=O)c1nc(COc2ccc3sc(C)nc3c2)co1)c1ccccc1. The number of nitrogens with zero attached hydrogens (tertiary/aromatic N) is 2. The number of carbonyl (C=O) groups excluding carboxylic acids is 2. The maximum atomic E-state index is 12.6. The maximum absolute atomic E-state index is 12.6. The van der Waals surface area contributed by atoms with E-state index < -0.39 is 17.9 Å². The Bertz CT molecular complexity index is 1220. The molecule has 0 unspecified atom stereocenters. The van der Waals surface area contributed by atoms with E-state index in [-0.39, 0.29) is 12.5 Å². The molecule has 2 heterocycles. The largest absolute Gasteiger partial charge is 0.487 e. The summed E-state index contributed by atoms with van der Waals surface area (Å²) in [4.78, 5) is 33.3. The number of benzene rings is 2. The number of amides is 1. The van der Waals surface area contributed by atoms with Gasteiger partial charge in [0, 0.05) is 6.07 Å². The smallest absolute Gasteiger partial charge is 0.333 e. The summed E-state index contributed by atoms with van der Waals surface area (Å²) in [6.45, 7) is 2.07. The van der Waals surface area contributed by atoms with Gasteiger partial charge >= 0.3 is 11.9 Å². The molecule has 1 atom stereocenters. The highest BCUT2D eigenvalue weighted by Gasteiger charge is 2.26. The summed E-state index contributed by atoms with van der Waals surface area (Å²) in [6, 6.07) is 13.5. The van der Waals surface area contributed by atoms with E-state index in [2.05, 4.69) is 15.3 Å². The first-order chi connectivity index (χ1) is 15.0. The summed E-state index contributed by atoms with van der Waals surface area (Å²) in [5, 5.41) is 3.58. The predicted molar refractivity (Wildman–Crippen MR) is 114 cm³/mol. The van der Waals surface area contributed by atoms with Gasteiger partial charge in [0.2, 0.25) is 0 Å². The highest BCUT2D eigenvalue weighted by atomic mass is 32.1. The van der Waals surface area contributed by atoms with E-state index in [1.54, 1.807) is 35.6 Å². The average molecular weight is 437 g/mol. The molecule has 0 spiro atoms. The van der Waals surface area contributed by atoms with Gasteiger partial charge in [0.15, 0.2) is 6.04 Å². The van der Waals surface area contributed by atoms with Crippen molar-refractivity contribution in [2.45, 2.75) is 19.6 Å². The Labute approximate surface area is 181 Å². The van der Waals surface area contributed by atoms with E-state index in [4.69, 9.17) is 13.9 Å². The zero-order chi connectivity index (χ0) is 21.8. The third-order valence-electron chi connectivity index (χ3n) is 4.44. The molecule has 0 saturated heterocycles. The van der Waals surface area contributed by atoms with Crippen molar-refractivity contribution in [1.29, 1.82) is 0 Å². The second kappa shape index (κ2) is 8.97. The zero-order valence-electron chi connectivity index (χ0n) is 16.8. The number of methoxy groups -OCH3 is 1. The van der Waals surface area contributed by atoms with Crippen LogP contribution in [0.3, 0.4) is 0 Å². The predicted octanol–water partition coefficient (Wildman–Crippen LogP) is 3.82. The fourth-order valence-electron chi connectivity index (χ4n) is 2.98. The van der Waals surface area contributed by atoms with Crippen LogP contribution < -0.4 is 10.1 Å². The van der Waals surface area contributed by atoms with Crippen LogP contribution in [0.15, 0.2) is 59.2 Å². The monoisotopic (exact) mass is 437 g/mol. The maximum Gasteiger partial charge on any atom is 0.333 e. The molecule has 31 heavy (non-hydrogen) atoms. The molecular weight excluding hydrogens is 418 g/mol. The van der Waals surface area contributed by atoms with Crippen molar-refractivity contribution in [3.8, 4) is 5.75 Å². The van der Waals surface area contributed by atoms with Crippen LogP contribution in [0.25, 0.3) is 10.2 Å². The Morgan fingerprint density at radius 3 is 2.74 bits per heavy atom. The molecule has 158 valence electrons. The lowest BCUT2D eigenvalue weighted by atomic mass is 10.1. The van der Waals surface area contributed by atoms with Gasteiger partial charge in [-0.05, 0) is 24.6 Å². The Morgan fingerprint density at radius 2 is 1.97 bits per heavy atom. The van der Waals surface area contributed by atoms with Crippen LogP contribution in [-0.2, 0) is 16.1 Å². The van der Waals surface area contributed by atoms with Crippen LogP contribution in [0.2, 0.25) is 0 Å². The molecular formula is C22H19N3O5S. The zero-order valence-corrected chi connectivity index (χ0v) is 17.6. The third kappa shape index (κ3) is 4.72. The van der Waals surface area contributed by atoms with E-state index in [1.807, 2.05) is 31.2 Å². The summed E-state index contributed by atoms with van der Waals surface area (Å²) in [6.07, 6.45) is 1.34. The molecule has 1 amide bonds. The van der Waals surface area contributed by atoms with Crippen LogP contribution in [0.5, 0.6) is 5.75 Å². The van der Waals surface area contributed by atoms with E-state index >= 15 is 0 Å². The molecule has 4 aromatic rings. The minimum atomic E-state index is -0.974. The van der Waals surface area contributed by atoms with E-state index in [0.29, 0.717) is 17.0 Å². The minimum absolute atomic E-state index is 0.116. The third-order valence-corrected chi connectivity index (χ3v) is 5.40. The summed E-state index contributed by atoms with van der Waals surface area (Å²) in [5.74, 6) is -0.761. The van der Waals surface area contributed by atoms with Crippen LogP contribution in [-0.4, -0.2) is 29.0 Å². The van der Waals surface area contributed by atoms with Crippen LogP contribution in [0.4, 0.5) is 0 Å². The number of thiazole rings is 1. The van der Waals surface area contributed by atoms with Crippen LogP contribution >= 0.6 is 11.3 Å². The first-order valence-corrected chi connectivity index (χ1v) is 10.2. The van der Waals surface area contributed by atoms with Gasteiger partial charge in [-0.3, -0.25) is 4.79 Å². The molecule has 0 fully saturated rings. The fourth-order valence-corrected chi connectivity index (χ4v) is 3.79. The average Bonchev–Trinajstić information content (AvgIpc) is 3.41. The normalized spacial score (nSPS) is 11.8. The van der Waals surface area contributed by atoms with Gasteiger partial charge in [0.05, 0.1) is 22.3 Å². The van der Waals surface area contributed by atoms with Crippen molar-refractivity contribution in [2.24, 2.45) is 0 Å². The van der Waals surface area contributed by atoms with Crippen molar-refractivity contribution in [1.82, 2.24) is 15.3 Å². The molecule has 0 aliphatic carbocycles. The minimum Gasteiger partial charge on any atom is -0.487 e. The fraction of sp³-hybridized carbons (Fsp3) is 0.182. The van der Waals surface area contributed by atoms with Gasteiger partial charge < -0.3 is 19.2 Å². The lowest BCUT2D eigenvalue weighted by Crippen LogP contribution is -2.34. The summed E-state index contributed by atoms with van der Waals surface area (Å²) >= 11 is 1.62. The number of aromatic nitrogens is 2. The van der Waals surface area contributed by atoms with E-state index in [1.165, 1.54) is 13.4 Å². The Kier molecular flexibility index (Phi) is 5.94. The first-order valence-electron chi connectivity index (χ1n) is 9.41. The van der Waals surface area contributed by atoms with Gasteiger partial charge in [-0.15, -0.1) is 11.3 Å². The number of esters is 1. The quantitative estimate of drug-likeness (QED) is 0.438. The second-order valence-corrected chi connectivity index (χ2v) is 7.87. The molecule has 9 heteroatoms. The van der Waals surface area contributed by atoms with Crippen molar-refractivity contribution < 1.29 is 23.5 Å². The number of aryl methyl sites for hydroxylation is 1. The molecule has 0 radical (unpaired) electrons. The summed E-state index contributed by atoms with van der Waals surface area (Å²) in [7, 11) is 1.26. The Hall–Kier alpha value is -3.72. The lowest BCUT2D eigenvalue weighted by Gasteiger charge is -2.15. The molecule has 2 aromatic heterocycles.